The van der Waals surface area contributed by atoms with Crippen LogP contribution in [0.25, 0.3) is 0 Å². The molecule has 0 bridgehead atoms. The van der Waals surface area contributed by atoms with E-state index in [2.05, 4.69) is 41.3 Å². The first kappa shape index (κ1) is 25.4. The zero-order chi connectivity index (χ0) is 24.7. The van der Waals surface area contributed by atoms with Gasteiger partial charge in [0, 0.05) is 18.4 Å². The first-order valence-corrected chi connectivity index (χ1v) is 11.7. The standard InChI is InChI=1S/C28H35FN4O/c1-28(2,3)22-11-13-23(14-12-22)32-27(34)24-9-6-16-30-26(24)31-19-20-10-15-25(29)21(18-20)8-7-17-33(4)5/h6,9-16,18H,7-8,17,19H2,1-5H3,(H,30,31)(H,32,34). The fourth-order valence-electron chi connectivity index (χ4n) is 3.68. The van der Waals surface area contributed by atoms with Gasteiger partial charge in [-0.1, -0.05) is 45.0 Å². The maximum absolute atomic E-state index is 14.2. The lowest BCUT2D eigenvalue weighted by molar-refractivity contribution is 0.102. The molecule has 180 valence electrons. The number of anilines is 2. The number of aromatic nitrogens is 1. The lowest BCUT2D eigenvalue weighted by atomic mass is 9.87. The predicted molar refractivity (Wildman–Crippen MR) is 138 cm³/mol. The summed E-state index contributed by atoms with van der Waals surface area (Å²) in [6.07, 6.45) is 3.22. The monoisotopic (exact) mass is 462 g/mol. The summed E-state index contributed by atoms with van der Waals surface area (Å²) in [6, 6.07) is 16.5. The first-order valence-electron chi connectivity index (χ1n) is 11.7. The van der Waals surface area contributed by atoms with Crippen molar-refractivity contribution >= 4 is 17.4 Å². The summed E-state index contributed by atoms with van der Waals surface area (Å²) < 4.78 is 14.2. The van der Waals surface area contributed by atoms with Gasteiger partial charge in [-0.2, -0.15) is 0 Å². The molecular formula is C28H35FN4O. The number of carbonyl (C=O) groups is 1. The fourth-order valence-corrected chi connectivity index (χ4v) is 3.68. The maximum atomic E-state index is 14.2. The first-order chi connectivity index (χ1) is 16.1. The van der Waals surface area contributed by atoms with Crippen LogP contribution in [0.4, 0.5) is 15.9 Å². The largest absolute Gasteiger partial charge is 0.365 e. The Morgan fingerprint density at radius 1 is 1.06 bits per heavy atom. The SMILES string of the molecule is CN(C)CCCc1cc(CNc2ncccc2C(=O)Nc2ccc(C(C)(C)C)cc2)ccc1F. The zero-order valence-electron chi connectivity index (χ0n) is 20.8. The van der Waals surface area contributed by atoms with E-state index in [4.69, 9.17) is 0 Å². The maximum Gasteiger partial charge on any atom is 0.259 e. The van der Waals surface area contributed by atoms with Gasteiger partial charge in [-0.15, -0.1) is 0 Å². The van der Waals surface area contributed by atoms with Crippen molar-refractivity contribution < 1.29 is 9.18 Å². The second kappa shape index (κ2) is 11.3. The number of carbonyl (C=O) groups excluding carboxylic acids is 1. The Labute approximate surface area is 202 Å². The van der Waals surface area contributed by atoms with Crippen molar-refractivity contribution in [2.45, 2.75) is 45.6 Å². The second-order valence-corrected chi connectivity index (χ2v) is 9.87. The molecule has 2 N–H and O–H groups in total. The van der Waals surface area contributed by atoms with E-state index in [0.29, 0.717) is 29.9 Å². The highest BCUT2D eigenvalue weighted by Gasteiger charge is 2.15. The van der Waals surface area contributed by atoms with E-state index in [-0.39, 0.29) is 17.1 Å². The highest BCUT2D eigenvalue weighted by Crippen LogP contribution is 2.24. The number of rotatable bonds is 9. The molecule has 3 aromatic rings. The van der Waals surface area contributed by atoms with Crippen molar-refractivity contribution in [2.24, 2.45) is 0 Å². The third kappa shape index (κ3) is 7.12. The molecule has 0 fully saturated rings. The van der Waals surface area contributed by atoms with E-state index in [9.17, 15) is 9.18 Å². The molecule has 0 radical (unpaired) electrons. The smallest absolute Gasteiger partial charge is 0.259 e. The van der Waals surface area contributed by atoms with Gasteiger partial charge in [0.05, 0.1) is 5.56 Å². The fraction of sp³-hybridized carbons (Fsp3) is 0.357. The van der Waals surface area contributed by atoms with Gasteiger partial charge in [0.25, 0.3) is 5.91 Å². The van der Waals surface area contributed by atoms with Gasteiger partial charge in [0.1, 0.15) is 11.6 Å². The summed E-state index contributed by atoms with van der Waals surface area (Å²) in [4.78, 5) is 19.4. The lowest BCUT2D eigenvalue weighted by Crippen LogP contribution is -2.16. The van der Waals surface area contributed by atoms with Crippen molar-refractivity contribution in [3.05, 3.63) is 88.9 Å². The molecular weight excluding hydrogens is 427 g/mol. The zero-order valence-corrected chi connectivity index (χ0v) is 20.8. The number of benzene rings is 2. The van der Waals surface area contributed by atoms with Crippen LogP contribution in [0.1, 0.15) is 54.2 Å². The van der Waals surface area contributed by atoms with Gasteiger partial charge in [0.2, 0.25) is 0 Å². The van der Waals surface area contributed by atoms with Crippen LogP contribution in [0.5, 0.6) is 0 Å². The average Bonchev–Trinajstić information content (AvgIpc) is 2.79. The predicted octanol–water partition coefficient (Wildman–Crippen LogP) is 5.88. The van der Waals surface area contributed by atoms with Gasteiger partial charge in [0.15, 0.2) is 0 Å². The highest BCUT2D eigenvalue weighted by atomic mass is 19.1. The van der Waals surface area contributed by atoms with Gasteiger partial charge >= 0.3 is 0 Å². The number of hydrogen-bond acceptors (Lipinski definition) is 4. The number of amides is 1. The minimum Gasteiger partial charge on any atom is -0.365 e. The van der Waals surface area contributed by atoms with Crippen LogP contribution in [-0.4, -0.2) is 36.4 Å². The number of hydrogen-bond donors (Lipinski definition) is 2. The van der Waals surface area contributed by atoms with E-state index < -0.39 is 0 Å². The molecule has 2 aromatic carbocycles. The number of nitrogens with zero attached hydrogens (tertiary/aromatic N) is 2. The van der Waals surface area contributed by atoms with E-state index in [1.54, 1.807) is 24.4 Å². The summed E-state index contributed by atoms with van der Waals surface area (Å²) in [5.74, 6) is 0.0743. The molecule has 0 saturated carbocycles. The molecule has 5 nitrogen and oxygen atoms in total. The van der Waals surface area contributed by atoms with Crippen molar-refractivity contribution in [1.82, 2.24) is 9.88 Å². The molecule has 34 heavy (non-hydrogen) atoms. The summed E-state index contributed by atoms with van der Waals surface area (Å²) in [6.45, 7) is 7.82. The molecule has 6 heteroatoms. The molecule has 0 aliphatic heterocycles. The Bertz CT molecular complexity index is 1100. The van der Waals surface area contributed by atoms with Crippen LogP contribution < -0.4 is 10.6 Å². The van der Waals surface area contributed by atoms with Crippen molar-refractivity contribution in [3.63, 3.8) is 0 Å². The Morgan fingerprint density at radius 2 is 1.79 bits per heavy atom. The van der Waals surface area contributed by atoms with Gasteiger partial charge in [-0.05, 0) is 85.9 Å². The van der Waals surface area contributed by atoms with Crippen LogP contribution in [0.15, 0.2) is 60.8 Å². The van der Waals surface area contributed by atoms with Crippen molar-refractivity contribution in [2.75, 3.05) is 31.3 Å². The Balaban J connectivity index is 1.67. The number of pyridine rings is 1. The molecule has 1 aromatic heterocycles. The number of halogens is 1. The average molecular weight is 463 g/mol. The Morgan fingerprint density at radius 3 is 2.47 bits per heavy atom. The lowest BCUT2D eigenvalue weighted by Gasteiger charge is -2.19. The molecule has 0 atom stereocenters. The summed E-state index contributed by atoms with van der Waals surface area (Å²) in [5.41, 5.74) is 4.09. The molecule has 0 aliphatic carbocycles. The number of nitrogens with one attached hydrogen (secondary N) is 2. The van der Waals surface area contributed by atoms with E-state index in [0.717, 1.165) is 24.2 Å². The van der Waals surface area contributed by atoms with Crippen molar-refractivity contribution in [1.29, 1.82) is 0 Å². The molecule has 0 spiro atoms. The summed E-state index contributed by atoms with van der Waals surface area (Å²) >= 11 is 0. The second-order valence-electron chi connectivity index (χ2n) is 9.87. The van der Waals surface area contributed by atoms with Crippen LogP contribution in [0, 0.1) is 5.82 Å². The van der Waals surface area contributed by atoms with Crippen LogP contribution >= 0.6 is 0 Å². The normalized spacial score (nSPS) is 11.5. The molecule has 1 heterocycles. The van der Waals surface area contributed by atoms with Crippen LogP contribution in [0.2, 0.25) is 0 Å². The Hall–Kier alpha value is -3.25. The topological polar surface area (TPSA) is 57.3 Å². The molecule has 1 amide bonds. The highest BCUT2D eigenvalue weighted by molar-refractivity contribution is 6.07. The molecule has 0 unspecified atom stereocenters. The summed E-state index contributed by atoms with van der Waals surface area (Å²) in [7, 11) is 4.02. The van der Waals surface area contributed by atoms with Gasteiger partial charge in [-0.3, -0.25) is 4.79 Å². The molecule has 0 saturated heterocycles. The minimum atomic E-state index is -0.234. The Kier molecular flexibility index (Phi) is 8.40. The third-order valence-electron chi connectivity index (χ3n) is 5.68. The van der Waals surface area contributed by atoms with Gasteiger partial charge < -0.3 is 15.5 Å². The van der Waals surface area contributed by atoms with Crippen LogP contribution in [-0.2, 0) is 18.4 Å². The van der Waals surface area contributed by atoms with E-state index in [1.807, 2.05) is 44.4 Å². The number of aryl methyl sites for hydroxylation is 1. The van der Waals surface area contributed by atoms with Crippen molar-refractivity contribution in [3.8, 4) is 0 Å². The third-order valence-corrected chi connectivity index (χ3v) is 5.68. The molecule has 3 rings (SSSR count). The minimum absolute atomic E-state index is 0.0511. The van der Waals surface area contributed by atoms with E-state index >= 15 is 0 Å². The van der Waals surface area contributed by atoms with E-state index in [1.165, 1.54) is 11.6 Å². The van der Waals surface area contributed by atoms with Gasteiger partial charge in [-0.25, -0.2) is 9.37 Å². The summed E-state index contributed by atoms with van der Waals surface area (Å²) in [5, 5.41) is 6.20. The molecule has 0 aliphatic rings. The van der Waals surface area contributed by atoms with Crippen LogP contribution in [0.3, 0.4) is 0 Å². The quantitative estimate of drug-likeness (QED) is 0.417.